The average molecular weight is 197 g/mol. The predicted molar refractivity (Wildman–Crippen MR) is 56.4 cm³/mol. The average Bonchev–Trinajstić information content (AvgIpc) is 2.42. The van der Waals surface area contributed by atoms with E-state index < -0.39 is 0 Å². The highest BCUT2D eigenvalue weighted by molar-refractivity contribution is 6.30. The molecule has 2 N–H and O–H groups in total. The summed E-state index contributed by atoms with van der Waals surface area (Å²) in [5.74, 6) is 0. The summed E-state index contributed by atoms with van der Waals surface area (Å²) in [4.78, 5) is 2.23. The lowest BCUT2D eigenvalue weighted by Gasteiger charge is -2.20. The summed E-state index contributed by atoms with van der Waals surface area (Å²) in [6.07, 6.45) is 1.02. The molecule has 0 spiro atoms. The Morgan fingerprint density at radius 3 is 3.08 bits per heavy atom. The Kier molecular flexibility index (Phi) is 2.18. The highest BCUT2D eigenvalue weighted by atomic mass is 35.5. The molecule has 13 heavy (non-hydrogen) atoms. The van der Waals surface area contributed by atoms with Gasteiger partial charge >= 0.3 is 0 Å². The van der Waals surface area contributed by atoms with Gasteiger partial charge in [0.15, 0.2) is 0 Å². The molecule has 1 aromatic rings. The van der Waals surface area contributed by atoms with E-state index in [4.69, 9.17) is 17.3 Å². The molecule has 1 unspecified atom stereocenters. The first-order valence-corrected chi connectivity index (χ1v) is 4.81. The molecule has 0 fully saturated rings. The number of nitrogens with zero attached hydrogens (tertiary/aromatic N) is 1. The summed E-state index contributed by atoms with van der Waals surface area (Å²) in [6.45, 7) is 0.697. The van der Waals surface area contributed by atoms with Crippen LogP contribution < -0.4 is 10.6 Å². The number of likely N-dealkylation sites (N-methyl/N-ethyl adjacent to an activating group) is 1. The third kappa shape index (κ3) is 1.40. The molecule has 3 heteroatoms. The van der Waals surface area contributed by atoms with Gasteiger partial charge in [-0.2, -0.15) is 0 Å². The third-order valence-corrected chi connectivity index (χ3v) is 2.93. The van der Waals surface area contributed by atoms with Crippen LogP contribution in [0.2, 0.25) is 5.02 Å². The summed E-state index contributed by atoms with van der Waals surface area (Å²) in [7, 11) is 2.08. The Hall–Kier alpha value is -0.730. The van der Waals surface area contributed by atoms with Gasteiger partial charge in [0, 0.05) is 30.3 Å². The quantitative estimate of drug-likeness (QED) is 0.741. The van der Waals surface area contributed by atoms with E-state index in [2.05, 4.69) is 18.0 Å². The Bertz CT molecular complexity index is 325. The SMILES string of the molecule is CN1c2ccc(Cl)cc2CC1CN. The summed E-state index contributed by atoms with van der Waals surface area (Å²) in [6, 6.07) is 6.46. The topological polar surface area (TPSA) is 29.3 Å². The number of hydrogen-bond donors (Lipinski definition) is 1. The van der Waals surface area contributed by atoms with Gasteiger partial charge in [-0.1, -0.05) is 11.6 Å². The monoisotopic (exact) mass is 196 g/mol. The van der Waals surface area contributed by atoms with Crippen molar-refractivity contribution in [2.45, 2.75) is 12.5 Å². The van der Waals surface area contributed by atoms with Crippen molar-refractivity contribution in [2.75, 3.05) is 18.5 Å². The van der Waals surface area contributed by atoms with E-state index in [0.29, 0.717) is 12.6 Å². The predicted octanol–water partition coefficient (Wildman–Crippen LogP) is 1.66. The summed E-state index contributed by atoms with van der Waals surface area (Å²) in [5, 5.41) is 0.810. The van der Waals surface area contributed by atoms with Crippen molar-refractivity contribution in [1.82, 2.24) is 0 Å². The van der Waals surface area contributed by atoms with Crippen molar-refractivity contribution in [1.29, 1.82) is 0 Å². The van der Waals surface area contributed by atoms with E-state index in [-0.39, 0.29) is 0 Å². The first-order valence-electron chi connectivity index (χ1n) is 4.43. The minimum Gasteiger partial charge on any atom is -0.370 e. The minimum atomic E-state index is 0.438. The number of rotatable bonds is 1. The van der Waals surface area contributed by atoms with Gasteiger partial charge in [0.2, 0.25) is 0 Å². The van der Waals surface area contributed by atoms with Crippen LogP contribution in [0, 0.1) is 0 Å². The molecule has 0 aliphatic carbocycles. The molecule has 1 atom stereocenters. The maximum atomic E-state index is 5.91. The van der Waals surface area contributed by atoms with E-state index >= 15 is 0 Å². The van der Waals surface area contributed by atoms with Crippen molar-refractivity contribution in [2.24, 2.45) is 5.73 Å². The third-order valence-electron chi connectivity index (χ3n) is 2.70. The molecule has 0 amide bonds. The zero-order valence-electron chi connectivity index (χ0n) is 7.63. The Morgan fingerprint density at radius 2 is 2.38 bits per heavy atom. The normalized spacial score (nSPS) is 20.5. The largest absolute Gasteiger partial charge is 0.370 e. The lowest BCUT2D eigenvalue weighted by molar-refractivity contribution is 0.675. The van der Waals surface area contributed by atoms with Crippen LogP contribution in [-0.4, -0.2) is 19.6 Å². The lowest BCUT2D eigenvalue weighted by atomic mass is 10.1. The number of halogens is 1. The van der Waals surface area contributed by atoms with Gasteiger partial charge in [-0.05, 0) is 30.2 Å². The molecule has 0 aromatic heterocycles. The van der Waals surface area contributed by atoms with Crippen LogP contribution in [0.1, 0.15) is 5.56 Å². The lowest BCUT2D eigenvalue weighted by Crippen LogP contribution is -2.34. The number of nitrogens with two attached hydrogens (primary N) is 1. The number of benzene rings is 1. The van der Waals surface area contributed by atoms with Crippen molar-refractivity contribution >= 4 is 17.3 Å². The molecule has 70 valence electrons. The minimum absolute atomic E-state index is 0.438. The maximum absolute atomic E-state index is 5.91. The highest BCUT2D eigenvalue weighted by Crippen LogP contribution is 2.32. The highest BCUT2D eigenvalue weighted by Gasteiger charge is 2.24. The van der Waals surface area contributed by atoms with Gasteiger partial charge in [-0.15, -0.1) is 0 Å². The second kappa shape index (κ2) is 3.20. The molecule has 1 aliphatic rings. The Labute approximate surface area is 83.3 Å². The van der Waals surface area contributed by atoms with Crippen molar-refractivity contribution in [3.8, 4) is 0 Å². The maximum Gasteiger partial charge on any atom is 0.0450 e. The van der Waals surface area contributed by atoms with E-state index in [1.54, 1.807) is 0 Å². The van der Waals surface area contributed by atoms with Gasteiger partial charge in [0.05, 0.1) is 0 Å². The second-order valence-corrected chi connectivity index (χ2v) is 3.91. The van der Waals surface area contributed by atoms with Gasteiger partial charge in [0.1, 0.15) is 0 Å². The fraction of sp³-hybridized carbons (Fsp3) is 0.400. The number of fused-ring (bicyclic) bond motifs is 1. The standard InChI is InChI=1S/C10H13ClN2/c1-13-9(6-12)5-7-4-8(11)2-3-10(7)13/h2-4,9H,5-6,12H2,1H3. The number of hydrogen-bond acceptors (Lipinski definition) is 2. The Balaban J connectivity index is 2.38. The van der Waals surface area contributed by atoms with E-state index in [1.807, 2.05) is 12.1 Å². The smallest absolute Gasteiger partial charge is 0.0450 e. The van der Waals surface area contributed by atoms with Crippen LogP contribution >= 0.6 is 11.6 Å². The van der Waals surface area contributed by atoms with Crippen LogP contribution in [0.4, 0.5) is 5.69 Å². The van der Waals surface area contributed by atoms with Crippen LogP contribution in [0.3, 0.4) is 0 Å². The van der Waals surface area contributed by atoms with Gasteiger partial charge < -0.3 is 10.6 Å². The van der Waals surface area contributed by atoms with Crippen molar-refractivity contribution in [3.05, 3.63) is 28.8 Å². The molecule has 1 aromatic carbocycles. The summed E-state index contributed by atoms with van der Waals surface area (Å²) < 4.78 is 0. The molecule has 0 saturated carbocycles. The molecule has 2 rings (SSSR count). The fourth-order valence-electron chi connectivity index (χ4n) is 1.89. The van der Waals surface area contributed by atoms with Crippen LogP contribution in [0.25, 0.3) is 0 Å². The zero-order chi connectivity index (χ0) is 9.42. The molecular weight excluding hydrogens is 184 g/mol. The first-order chi connectivity index (χ1) is 6.22. The van der Waals surface area contributed by atoms with Crippen molar-refractivity contribution in [3.63, 3.8) is 0 Å². The summed E-state index contributed by atoms with van der Waals surface area (Å²) in [5.41, 5.74) is 8.24. The van der Waals surface area contributed by atoms with E-state index in [1.165, 1.54) is 11.3 Å². The van der Waals surface area contributed by atoms with Gasteiger partial charge in [-0.25, -0.2) is 0 Å². The van der Waals surface area contributed by atoms with Crippen molar-refractivity contribution < 1.29 is 0 Å². The second-order valence-electron chi connectivity index (χ2n) is 3.48. The number of anilines is 1. The van der Waals surface area contributed by atoms with Gasteiger partial charge in [0.25, 0.3) is 0 Å². The molecular formula is C10H13ClN2. The fourth-order valence-corrected chi connectivity index (χ4v) is 2.09. The molecule has 2 nitrogen and oxygen atoms in total. The van der Waals surface area contributed by atoms with Crippen LogP contribution in [0.5, 0.6) is 0 Å². The summed E-state index contributed by atoms with van der Waals surface area (Å²) >= 11 is 5.91. The van der Waals surface area contributed by atoms with Crippen LogP contribution in [0.15, 0.2) is 18.2 Å². The van der Waals surface area contributed by atoms with Gasteiger partial charge in [-0.3, -0.25) is 0 Å². The Morgan fingerprint density at radius 1 is 1.62 bits per heavy atom. The van der Waals surface area contributed by atoms with E-state index in [0.717, 1.165) is 11.4 Å². The first kappa shape index (κ1) is 8.85. The molecule has 0 radical (unpaired) electrons. The zero-order valence-corrected chi connectivity index (χ0v) is 8.38. The molecule has 1 aliphatic heterocycles. The van der Waals surface area contributed by atoms with E-state index in [9.17, 15) is 0 Å². The molecule has 0 bridgehead atoms. The molecule has 1 heterocycles. The van der Waals surface area contributed by atoms with Crippen LogP contribution in [-0.2, 0) is 6.42 Å². The molecule has 0 saturated heterocycles.